The maximum Gasteiger partial charge on any atom is 0.311 e. The Bertz CT molecular complexity index is 910. The molecule has 0 saturated carbocycles. The Morgan fingerprint density at radius 1 is 1.27 bits per heavy atom. The molecule has 8 nitrogen and oxygen atoms in total. The highest BCUT2D eigenvalue weighted by atomic mass is 32.1. The molecule has 2 N–H and O–H groups in total. The number of hydrogen-bond donors (Lipinski definition) is 2. The minimum absolute atomic E-state index is 0.0543. The van der Waals surface area contributed by atoms with Crippen molar-refractivity contribution in [3.8, 4) is 0 Å². The number of carbonyl (C=O) groups is 2. The Morgan fingerprint density at radius 2 is 2.00 bits per heavy atom. The second-order valence-corrected chi connectivity index (χ2v) is 8.51. The number of unbranched alkanes of at least 4 members (excludes halogenated alkanes) is 3. The largest absolute Gasteiger partial charge is 0.481 e. The Morgan fingerprint density at radius 3 is 2.57 bits per heavy atom. The summed E-state index contributed by atoms with van der Waals surface area (Å²) in [6.07, 6.45) is 5.46. The molecule has 0 saturated heterocycles. The second-order valence-electron chi connectivity index (χ2n) is 7.45. The molecule has 30 heavy (non-hydrogen) atoms. The molecular weight excluding hydrogens is 406 g/mol. The Hall–Kier alpha value is -2.81. The zero-order valence-corrected chi connectivity index (χ0v) is 18.2. The molecule has 1 aromatic heterocycles. The van der Waals surface area contributed by atoms with E-state index < -0.39 is 22.7 Å². The summed E-state index contributed by atoms with van der Waals surface area (Å²) >= 11 is 1.36. The molecule has 0 aliphatic rings. The van der Waals surface area contributed by atoms with Gasteiger partial charge < -0.3 is 5.11 Å². The van der Waals surface area contributed by atoms with Gasteiger partial charge in [0.25, 0.3) is 11.6 Å². The zero-order valence-electron chi connectivity index (χ0n) is 17.4. The van der Waals surface area contributed by atoms with E-state index in [-0.39, 0.29) is 29.2 Å². The van der Waals surface area contributed by atoms with E-state index in [0.29, 0.717) is 11.6 Å². The van der Waals surface area contributed by atoms with Crippen LogP contribution in [0, 0.1) is 10.1 Å². The molecule has 0 aliphatic carbocycles. The molecule has 162 valence electrons. The van der Waals surface area contributed by atoms with Gasteiger partial charge in [-0.05, 0) is 24.5 Å². The lowest BCUT2D eigenvalue weighted by Crippen LogP contribution is -2.16. The van der Waals surface area contributed by atoms with Gasteiger partial charge in [0.2, 0.25) is 0 Å². The van der Waals surface area contributed by atoms with E-state index in [1.165, 1.54) is 29.5 Å². The number of rotatable bonds is 11. The number of nitrogens with zero attached hydrogens (tertiary/aromatic N) is 2. The number of hydrogen-bond acceptors (Lipinski definition) is 6. The van der Waals surface area contributed by atoms with Crippen LogP contribution in [-0.4, -0.2) is 26.9 Å². The van der Waals surface area contributed by atoms with Crippen LogP contribution in [-0.2, 0) is 4.79 Å². The van der Waals surface area contributed by atoms with E-state index in [2.05, 4.69) is 10.3 Å². The number of carboxylic acid groups (broad SMARTS) is 1. The SMILES string of the molecule is CCCCCCC(C(=O)O)c1cc(C(=O)Nc2ncc(C(C)C)s2)ccc1[N+](=O)[O-]. The fourth-order valence-electron chi connectivity index (χ4n) is 3.11. The van der Waals surface area contributed by atoms with Gasteiger partial charge >= 0.3 is 5.97 Å². The smallest absolute Gasteiger partial charge is 0.311 e. The third-order valence-electron chi connectivity index (χ3n) is 4.82. The highest BCUT2D eigenvalue weighted by Crippen LogP contribution is 2.32. The summed E-state index contributed by atoms with van der Waals surface area (Å²) in [5.41, 5.74) is -0.0684. The van der Waals surface area contributed by atoms with Crippen LogP contribution in [0.15, 0.2) is 24.4 Å². The van der Waals surface area contributed by atoms with Crippen molar-refractivity contribution in [3.05, 3.63) is 50.5 Å². The molecule has 1 atom stereocenters. The molecule has 0 fully saturated rings. The van der Waals surface area contributed by atoms with Crippen LogP contribution in [0.2, 0.25) is 0 Å². The quantitative estimate of drug-likeness (QED) is 0.271. The highest BCUT2D eigenvalue weighted by Gasteiger charge is 2.29. The fraction of sp³-hybridized carbons (Fsp3) is 0.476. The predicted octanol–water partition coefficient (Wildman–Crippen LogP) is 5.57. The number of aromatic nitrogens is 1. The lowest BCUT2D eigenvalue weighted by Gasteiger charge is -2.14. The van der Waals surface area contributed by atoms with Crippen LogP contribution in [0.3, 0.4) is 0 Å². The van der Waals surface area contributed by atoms with Crippen molar-refractivity contribution in [2.24, 2.45) is 0 Å². The third-order valence-corrected chi connectivity index (χ3v) is 6.03. The number of thiazole rings is 1. The van der Waals surface area contributed by atoms with Crippen molar-refractivity contribution in [2.75, 3.05) is 5.32 Å². The summed E-state index contributed by atoms with van der Waals surface area (Å²) in [4.78, 5) is 40.6. The van der Waals surface area contributed by atoms with Crippen LogP contribution in [0.5, 0.6) is 0 Å². The summed E-state index contributed by atoms with van der Waals surface area (Å²) in [6.45, 7) is 6.09. The van der Waals surface area contributed by atoms with Crippen molar-refractivity contribution in [1.82, 2.24) is 4.98 Å². The van der Waals surface area contributed by atoms with Gasteiger partial charge in [0.1, 0.15) is 0 Å². The number of nitro groups is 1. The average molecular weight is 434 g/mol. The van der Waals surface area contributed by atoms with Crippen molar-refractivity contribution < 1.29 is 19.6 Å². The molecule has 1 aromatic carbocycles. The van der Waals surface area contributed by atoms with E-state index >= 15 is 0 Å². The van der Waals surface area contributed by atoms with Gasteiger partial charge in [0.05, 0.1) is 10.8 Å². The number of carbonyl (C=O) groups excluding carboxylic acids is 1. The minimum atomic E-state index is -1.13. The van der Waals surface area contributed by atoms with Gasteiger partial charge in [-0.25, -0.2) is 4.98 Å². The van der Waals surface area contributed by atoms with Gasteiger partial charge in [-0.3, -0.25) is 25.0 Å². The number of nitro benzene ring substituents is 1. The molecule has 9 heteroatoms. The monoisotopic (exact) mass is 433 g/mol. The molecule has 2 rings (SSSR count). The molecular formula is C21H27N3O5S. The van der Waals surface area contributed by atoms with E-state index in [9.17, 15) is 24.8 Å². The summed E-state index contributed by atoms with van der Waals surface area (Å²) in [5.74, 6) is -2.37. The fourth-order valence-corrected chi connectivity index (χ4v) is 3.92. The van der Waals surface area contributed by atoms with E-state index in [0.717, 1.165) is 24.1 Å². The third kappa shape index (κ3) is 6.09. The summed E-state index contributed by atoms with van der Waals surface area (Å²) < 4.78 is 0. The second kappa shape index (κ2) is 10.8. The summed E-state index contributed by atoms with van der Waals surface area (Å²) in [5, 5.41) is 24.3. The van der Waals surface area contributed by atoms with E-state index in [4.69, 9.17) is 0 Å². The molecule has 0 bridgehead atoms. The average Bonchev–Trinajstić information content (AvgIpc) is 3.16. The minimum Gasteiger partial charge on any atom is -0.481 e. The van der Waals surface area contributed by atoms with Gasteiger partial charge in [-0.2, -0.15) is 0 Å². The van der Waals surface area contributed by atoms with Crippen molar-refractivity contribution >= 4 is 34.0 Å². The van der Waals surface area contributed by atoms with Crippen molar-refractivity contribution in [2.45, 2.75) is 64.7 Å². The van der Waals surface area contributed by atoms with Crippen LogP contribution in [0.25, 0.3) is 0 Å². The summed E-state index contributed by atoms with van der Waals surface area (Å²) in [7, 11) is 0. The van der Waals surface area contributed by atoms with Gasteiger partial charge in [-0.1, -0.05) is 46.5 Å². The van der Waals surface area contributed by atoms with Crippen LogP contribution in [0.1, 0.15) is 85.5 Å². The number of carboxylic acids is 1. The normalized spacial score (nSPS) is 12.0. The molecule has 2 aromatic rings. The number of anilines is 1. The Labute approximate surface area is 179 Å². The summed E-state index contributed by atoms with van der Waals surface area (Å²) in [6, 6.07) is 3.86. The number of benzene rings is 1. The first kappa shape index (κ1) is 23.5. The van der Waals surface area contributed by atoms with Crippen molar-refractivity contribution in [3.63, 3.8) is 0 Å². The maximum absolute atomic E-state index is 12.7. The van der Waals surface area contributed by atoms with Crippen molar-refractivity contribution in [1.29, 1.82) is 0 Å². The molecule has 1 amide bonds. The molecule has 0 aliphatic heterocycles. The van der Waals surface area contributed by atoms with Crippen LogP contribution < -0.4 is 5.32 Å². The molecule has 0 spiro atoms. The molecule has 0 radical (unpaired) electrons. The Kier molecular flexibility index (Phi) is 8.46. The van der Waals surface area contributed by atoms with Crippen LogP contribution in [0.4, 0.5) is 10.8 Å². The zero-order chi connectivity index (χ0) is 22.3. The maximum atomic E-state index is 12.7. The lowest BCUT2D eigenvalue weighted by atomic mass is 9.90. The first-order valence-corrected chi connectivity index (χ1v) is 10.8. The molecule has 1 heterocycles. The standard InChI is InChI=1S/C21H27N3O5S/c1-4-5-6-7-8-15(20(26)27)16-11-14(9-10-17(16)24(28)29)19(25)23-21-22-12-18(30-21)13(2)3/h9-13,15H,4-8H2,1-3H3,(H,26,27)(H,22,23,25). The predicted molar refractivity (Wildman–Crippen MR) is 116 cm³/mol. The van der Waals surface area contributed by atoms with E-state index in [1.807, 2.05) is 20.8 Å². The number of amides is 1. The topological polar surface area (TPSA) is 122 Å². The van der Waals surface area contributed by atoms with Crippen LogP contribution >= 0.6 is 11.3 Å². The number of aliphatic carboxylic acids is 1. The van der Waals surface area contributed by atoms with Gasteiger partial charge in [-0.15, -0.1) is 11.3 Å². The molecule has 1 unspecified atom stereocenters. The van der Waals surface area contributed by atoms with Gasteiger partial charge in [0, 0.05) is 28.3 Å². The van der Waals surface area contributed by atoms with E-state index in [1.54, 1.807) is 6.20 Å². The number of nitrogens with one attached hydrogen (secondary N) is 1. The highest BCUT2D eigenvalue weighted by molar-refractivity contribution is 7.15. The first-order chi connectivity index (χ1) is 14.2. The van der Waals surface area contributed by atoms with Gasteiger partial charge in [0.15, 0.2) is 5.13 Å². The Balaban J connectivity index is 2.29. The lowest BCUT2D eigenvalue weighted by molar-refractivity contribution is -0.385. The first-order valence-electron chi connectivity index (χ1n) is 10.0.